The molecule has 0 saturated carbocycles. The van der Waals surface area contributed by atoms with Gasteiger partial charge in [0, 0.05) is 24.5 Å². The number of carboxylic acids is 1. The minimum atomic E-state index is -0.739. The molecule has 1 fully saturated rings. The molecule has 164 valence electrons. The zero-order valence-electron chi connectivity index (χ0n) is 17.1. The summed E-state index contributed by atoms with van der Waals surface area (Å²) in [6.45, 7) is 3.67. The van der Waals surface area contributed by atoms with Crippen LogP contribution in [0.5, 0.6) is 5.75 Å². The second kappa shape index (κ2) is 9.06. The highest BCUT2D eigenvalue weighted by atomic mass is 35.5. The van der Waals surface area contributed by atoms with Gasteiger partial charge in [-0.3, -0.25) is 4.79 Å². The Labute approximate surface area is 194 Å². The minimum absolute atomic E-state index is 0.309. The number of anilines is 2. The number of methoxy groups -OCH3 is 1. The van der Waals surface area contributed by atoms with Crippen LogP contribution in [-0.4, -0.2) is 41.2 Å². The first-order valence-corrected chi connectivity index (χ1v) is 11.4. The van der Waals surface area contributed by atoms with Crippen molar-refractivity contribution in [2.75, 3.05) is 30.4 Å². The topological polar surface area (TPSA) is 87.6 Å². The molecule has 0 bridgehead atoms. The van der Waals surface area contributed by atoms with E-state index in [0.717, 1.165) is 20.7 Å². The lowest BCUT2D eigenvalue weighted by molar-refractivity contribution is -0.142. The van der Waals surface area contributed by atoms with E-state index in [0.29, 0.717) is 60.0 Å². The van der Waals surface area contributed by atoms with Crippen molar-refractivity contribution in [3.63, 3.8) is 0 Å². The number of hydrogen-bond acceptors (Lipinski definition) is 7. The second-order valence-electron chi connectivity index (χ2n) is 7.45. The van der Waals surface area contributed by atoms with Crippen molar-refractivity contribution in [3.05, 3.63) is 38.7 Å². The van der Waals surface area contributed by atoms with Gasteiger partial charge in [0.15, 0.2) is 0 Å². The van der Waals surface area contributed by atoms with Gasteiger partial charge in [-0.1, -0.05) is 29.3 Å². The number of rotatable bonds is 6. The molecule has 0 unspecified atom stereocenters. The van der Waals surface area contributed by atoms with Crippen LogP contribution in [0.25, 0.3) is 10.2 Å². The van der Waals surface area contributed by atoms with Crippen molar-refractivity contribution < 1.29 is 14.6 Å². The standard InChI is InChI=1S/C21H22Cl2N4O3S/c1-11-17(23)16-18(24-10-12-3-4-15(30-2)14(22)9-12)25-21(26-19(16)31-11)27-7-5-13(6-8-27)20(28)29/h3-4,9,13H,5-8,10H2,1-2H3,(H,28,29)(H,24,25,26). The molecule has 7 nitrogen and oxygen atoms in total. The first-order valence-electron chi connectivity index (χ1n) is 9.88. The van der Waals surface area contributed by atoms with Crippen LogP contribution in [0.4, 0.5) is 11.8 Å². The number of nitrogens with zero attached hydrogens (tertiary/aromatic N) is 3. The van der Waals surface area contributed by atoms with Gasteiger partial charge in [-0.05, 0) is 37.5 Å². The predicted molar refractivity (Wildman–Crippen MR) is 125 cm³/mol. The predicted octanol–water partition coefficient (Wildman–Crippen LogP) is 5.23. The number of carboxylic acid groups (broad SMARTS) is 1. The van der Waals surface area contributed by atoms with E-state index in [9.17, 15) is 9.90 Å². The van der Waals surface area contributed by atoms with Crippen LogP contribution in [0.15, 0.2) is 18.2 Å². The summed E-state index contributed by atoms with van der Waals surface area (Å²) < 4.78 is 5.21. The maximum atomic E-state index is 11.3. The first-order chi connectivity index (χ1) is 14.9. The number of aryl methyl sites for hydroxylation is 1. The van der Waals surface area contributed by atoms with Crippen LogP contribution in [0.3, 0.4) is 0 Å². The van der Waals surface area contributed by atoms with E-state index in [1.807, 2.05) is 30.0 Å². The maximum Gasteiger partial charge on any atom is 0.306 e. The van der Waals surface area contributed by atoms with Gasteiger partial charge >= 0.3 is 5.97 Å². The smallest absolute Gasteiger partial charge is 0.306 e. The summed E-state index contributed by atoms with van der Waals surface area (Å²) in [6, 6.07) is 5.62. The number of nitrogens with one attached hydrogen (secondary N) is 1. The summed E-state index contributed by atoms with van der Waals surface area (Å²) >= 11 is 14.3. The second-order valence-corrected chi connectivity index (χ2v) is 9.43. The number of halogens is 2. The molecule has 3 aromatic rings. The first kappa shape index (κ1) is 21.9. The van der Waals surface area contributed by atoms with Crippen LogP contribution in [0, 0.1) is 12.8 Å². The van der Waals surface area contributed by atoms with E-state index in [1.165, 1.54) is 11.3 Å². The van der Waals surface area contributed by atoms with Crippen LogP contribution >= 0.6 is 34.5 Å². The largest absolute Gasteiger partial charge is 0.495 e. The van der Waals surface area contributed by atoms with Crippen molar-refractivity contribution in [1.82, 2.24) is 9.97 Å². The summed E-state index contributed by atoms with van der Waals surface area (Å²) in [6.07, 6.45) is 1.15. The molecule has 31 heavy (non-hydrogen) atoms. The van der Waals surface area contributed by atoms with E-state index in [1.54, 1.807) is 7.11 Å². The summed E-state index contributed by atoms with van der Waals surface area (Å²) in [7, 11) is 1.58. The number of aromatic nitrogens is 2. The molecule has 0 amide bonds. The van der Waals surface area contributed by atoms with Gasteiger partial charge in [0.2, 0.25) is 5.95 Å². The van der Waals surface area contributed by atoms with E-state index in [-0.39, 0.29) is 5.92 Å². The fourth-order valence-corrected chi connectivity index (χ4v) is 5.21. The summed E-state index contributed by atoms with van der Waals surface area (Å²) in [5.41, 5.74) is 0.976. The minimum Gasteiger partial charge on any atom is -0.495 e. The number of fused-ring (bicyclic) bond motifs is 1. The summed E-state index contributed by atoms with van der Waals surface area (Å²) in [4.78, 5) is 24.6. The molecule has 0 atom stereocenters. The van der Waals surface area contributed by atoms with E-state index in [4.69, 9.17) is 37.9 Å². The molecule has 4 rings (SSSR count). The van der Waals surface area contributed by atoms with E-state index < -0.39 is 5.97 Å². The number of piperidine rings is 1. The molecule has 1 aliphatic heterocycles. The molecule has 0 radical (unpaired) electrons. The molecule has 1 saturated heterocycles. The highest BCUT2D eigenvalue weighted by Gasteiger charge is 2.27. The molecule has 1 aromatic carbocycles. The molecule has 3 heterocycles. The fraction of sp³-hybridized carbons (Fsp3) is 0.381. The SMILES string of the molecule is COc1ccc(CNc2nc(N3CCC(C(=O)O)CC3)nc3sc(C)c(Cl)c23)cc1Cl. The van der Waals surface area contributed by atoms with E-state index >= 15 is 0 Å². The van der Waals surface area contributed by atoms with E-state index in [2.05, 4.69) is 5.32 Å². The Bertz CT molecular complexity index is 1130. The molecule has 1 aliphatic rings. The highest BCUT2D eigenvalue weighted by Crippen LogP contribution is 2.39. The number of carbonyl (C=O) groups is 1. The Hall–Kier alpha value is -2.29. The number of benzene rings is 1. The van der Waals surface area contributed by atoms with Gasteiger partial charge in [0.25, 0.3) is 0 Å². The van der Waals surface area contributed by atoms with Crippen molar-refractivity contribution in [3.8, 4) is 5.75 Å². The van der Waals surface area contributed by atoms with Crippen LogP contribution in [-0.2, 0) is 11.3 Å². The van der Waals surface area contributed by atoms with Gasteiger partial charge in [0.05, 0.1) is 28.5 Å². The average Bonchev–Trinajstić information content (AvgIpc) is 3.05. The third-order valence-corrected chi connectivity index (χ3v) is 7.32. The van der Waals surface area contributed by atoms with Gasteiger partial charge in [-0.2, -0.15) is 4.98 Å². The van der Waals surface area contributed by atoms with Gasteiger partial charge < -0.3 is 20.1 Å². The van der Waals surface area contributed by atoms with Crippen LogP contribution in [0.2, 0.25) is 10.0 Å². The monoisotopic (exact) mass is 480 g/mol. The van der Waals surface area contributed by atoms with Gasteiger partial charge in [-0.25, -0.2) is 4.98 Å². The molecule has 0 aliphatic carbocycles. The van der Waals surface area contributed by atoms with Crippen molar-refractivity contribution >= 4 is 62.5 Å². The van der Waals surface area contributed by atoms with Crippen LogP contribution < -0.4 is 15.0 Å². The molecule has 0 spiro atoms. The zero-order chi connectivity index (χ0) is 22.1. The van der Waals surface area contributed by atoms with Gasteiger partial charge in [0.1, 0.15) is 16.4 Å². The Kier molecular flexibility index (Phi) is 6.41. The molecule has 10 heteroatoms. The molecule has 2 N–H and O–H groups in total. The average molecular weight is 481 g/mol. The summed E-state index contributed by atoms with van der Waals surface area (Å²) in [5, 5.41) is 14.6. The normalized spacial score (nSPS) is 14.8. The molecule has 2 aromatic heterocycles. The third kappa shape index (κ3) is 4.51. The molecular formula is C21H22Cl2N4O3S. The number of ether oxygens (including phenoxy) is 1. The van der Waals surface area contributed by atoms with Crippen molar-refractivity contribution in [2.24, 2.45) is 5.92 Å². The molecular weight excluding hydrogens is 459 g/mol. The zero-order valence-corrected chi connectivity index (χ0v) is 19.4. The number of thiophene rings is 1. The number of hydrogen-bond donors (Lipinski definition) is 2. The Morgan fingerprint density at radius 2 is 2.06 bits per heavy atom. The lowest BCUT2D eigenvalue weighted by Gasteiger charge is -2.30. The van der Waals surface area contributed by atoms with Crippen molar-refractivity contribution in [1.29, 1.82) is 0 Å². The Balaban J connectivity index is 1.62. The van der Waals surface area contributed by atoms with Crippen molar-refractivity contribution in [2.45, 2.75) is 26.3 Å². The maximum absolute atomic E-state index is 11.3. The summed E-state index contributed by atoms with van der Waals surface area (Å²) in [5.74, 6) is 0.817. The lowest BCUT2D eigenvalue weighted by atomic mass is 9.97. The third-order valence-electron chi connectivity index (χ3n) is 5.45. The quantitative estimate of drug-likeness (QED) is 0.499. The fourth-order valence-electron chi connectivity index (χ4n) is 3.67. The lowest BCUT2D eigenvalue weighted by Crippen LogP contribution is -2.37. The van der Waals surface area contributed by atoms with Gasteiger partial charge in [-0.15, -0.1) is 11.3 Å². The van der Waals surface area contributed by atoms with Crippen LogP contribution in [0.1, 0.15) is 23.3 Å². The Morgan fingerprint density at radius 1 is 1.32 bits per heavy atom. The number of aliphatic carboxylic acids is 1. The highest BCUT2D eigenvalue weighted by molar-refractivity contribution is 7.19. The Morgan fingerprint density at radius 3 is 2.71 bits per heavy atom.